The van der Waals surface area contributed by atoms with Gasteiger partial charge < -0.3 is 10.0 Å². The number of rotatable bonds is 5. The van der Waals surface area contributed by atoms with Crippen molar-refractivity contribution in [1.29, 1.82) is 0 Å². The number of hydrogen-bond acceptors (Lipinski definition) is 2. The van der Waals surface area contributed by atoms with Gasteiger partial charge in [-0.2, -0.15) is 0 Å². The molecule has 1 saturated heterocycles. The van der Waals surface area contributed by atoms with Gasteiger partial charge in [0.15, 0.2) is 0 Å². The molecule has 0 bridgehead atoms. The van der Waals surface area contributed by atoms with Gasteiger partial charge in [-0.3, -0.25) is 0 Å². The van der Waals surface area contributed by atoms with Crippen LogP contribution in [0.3, 0.4) is 0 Å². The van der Waals surface area contributed by atoms with Gasteiger partial charge in [0.1, 0.15) is 0 Å². The van der Waals surface area contributed by atoms with E-state index >= 15 is 0 Å². The third kappa shape index (κ3) is 3.81. The van der Waals surface area contributed by atoms with Crippen LogP contribution in [0, 0.1) is 5.92 Å². The minimum Gasteiger partial charge on any atom is -0.388 e. The molecule has 2 atom stereocenters. The van der Waals surface area contributed by atoms with Gasteiger partial charge in [-0.25, -0.2) is 0 Å². The van der Waals surface area contributed by atoms with E-state index in [1.807, 2.05) is 24.3 Å². The molecule has 1 aromatic rings. The molecule has 0 amide bonds. The van der Waals surface area contributed by atoms with Crippen LogP contribution >= 0.6 is 15.9 Å². The molecule has 100 valence electrons. The number of nitrogens with zero attached hydrogens (tertiary/aromatic N) is 1. The zero-order valence-corrected chi connectivity index (χ0v) is 12.6. The topological polar surface area (TPSA) is 23.5 Å². The smallest absolute Gasteiger partial charge is 0.0802 e. The molecule has 1 fully saturated rings. The Bertz CT molecular complexity index is 365. The Morgan fingerprint density at radius 1 is 1.39 bits per heavy atom. The third-order valence-electron chi connectivity index (χ3n) is 3.92. The van der Waals surface area contributed by atoms with Crippen molar-refractivity contribution in [2.45, 2.75) is 32.3 Å². The summed E-state index contributed by atoms with van der Waals surface area (Å²) >= 11 is 3.41. The van der Waals surface area contributed by atoms with Gasteiger partial charge in [-0.15, -0.1) is 0 Å². The predicted octanol–water partition coefficient (Wildman–Crippen LogP) is 3.60. The van der Waals surface area contributed by atoms with Crippen LogP contribution < -0.4 is 0 Å². The summed E-state index contributed by atoms with van der Waals surface area (Å²) in [5.41, 5.74) is 1.02. The Hall–Kier alpha value is -0.380. The highest BCUT2D eigenvalue weighted by atomic mass is 79.9. The summed E-state index contributed by atoms with van der Waals surface area (Å²) in [6.45, 7) is 5.69. The van der Waals surface area contributed by atoms with E-state index in [-0.39, 0.29) is 6.10 Å². The third-order valence-corrected chi connectivity index (χ3v) is 4.45. The normalized spacial score (nSPS) is 22.3. The van der Waals surface area contributed by atoms with Crippen LogP contribution in [-0.4, -0.2) is 29.6 Å². The van der Waals surface area contributed by atoms with E-state index < -0.39 is 0 Å². The molecule has 1 aliphatic heterocycles. The first-order valence-electron chi connectivity index (χ1n) is 6.85. The number of benzene rings is 1. The molecule has 2 nitrogen and oxygen atoms in total. The summed E-state index contributed by atoms with van der Waals surface area (Å²) in [6, 6.07) is 7.96. The van der Waals surface area contributed by atoms with E-state index in [1.165, 1.54) is 25.9 Å². The molecule has 2 unspecified atom stereocenters. The van der Waals surface area contributed by atoms with Crippen molar-refractivity contribution in [1.82, 2.24) is 4.90 Å². The van der Waals surface area contributed by atoms with Crippen molar-refractivity contribution in [2.24, 2.45) is 5.92 Å². The SMILES string of the molecule is CCC1CCN(CCC(O)c2ccc(Br)cc2)C1. The van der Waals surface area contributed by atoms with Crippen molar-refractivity contribution in [3.63, 3.8) is 0 Å². The Kier molecular flexibility index (Phi) is 5.22. The Balaban J connectivity index is 1.78. The van der Waals surface area contributed by atoms with Gasteiger partial charge in [-0.05, 0) is 43.0 Å². The molecule has 1 heterocycles. The number of aliphatic hydroxyl groups is 1. The molecule has 1 aromatic carbocycles. The Morgan fingerprint density at radius 3 is 2.72 bits per heavy atom. The first-order chi connectivity index (χ1) is 8.69. The second-order valence-corrected chi connectivity index (χ2v) is 6.14. The van der Waals surface area contributed by atoms with Crippen LogP contribution in [-0.2, 0) is 0 Å². The van der Waals surface area contributed by atoms with Crippen LogP contribution in [0.1, 0.15) is 37.9 Å². The van der Waals surface area contributed by atoms with Gasteiger partial charge in [0.2, 0.25) is 0 Å². The second-order valence-electron chi connectivity index (χ2n) is 5.22. The second kappa shape index (κ2) is 6.69. The van der Waals surface area contributed by atoms with E-state index in [0.29, 0.717) is 0 Å². The lowest BCUT2D eigenvalue weighted by atomic mass is 10.1. The molecular formula is C15H22BrNO. The number of aliphatic hydroxyl groups excluding tert-OH is 1. The fraction of sp³-hybridized carbons (Fsp3) is 0.600. The lowest BCUT2D eigenvalue weighted by Gasteiger charge is -2.18. The summed E-state index contributed by atoms with van der Waals surface area (Å²) in [7, 11) is 0. The Morgan fingerprint density at radius 2 is 2.11 bits per heavy atom. The average molecular weight is 312 g/mol. The quantitative estimate of drug-likeness (QED) is 0.898. The fourth-order valence-electron chi connectivity index (χ4n) is 2.61. The number of likely N-dealkylation sites (tertiary alicyclic amines) is 1. The molecule has 0 spiro atoms. The van der Waals surface area contributed by atoms with Gasteiger partial charge in [0.05, 0.1) is 6.10 Å². The summed E-state index contributed by atoms with van der Waals surface area (Å²) in [5, 5.41) is 10.2. The van der Waals surface area contributed by atoms with Crippen LogP contribution in [0.5, 0.6) is 0 Å². The van der Waals surface area contributed by atoms with Gasteiger partial charge in [-0.1, -0.05) is 41.4 Å². The van der Waals surface area contributed by atoms with Crippen molar-refractivity contribution in [2.75, 3.05) is 19.6 Å². The van der Waals surface area contributed by atoms with E-state index in [4.69, 9.17) is 0 Å². The van der Waals surface area contributed by atoms with Gasteiger partial charge in [0, 0.05) is 17.6 Å². The number of halogens is 1. The molecule has 1 N–H and O–H groups in total. The van der Waals surface area contributed by atoms with Crippen molar-refractivity contribution in [3.8, 4) is 0 Å². The first kappa shape index (κ1) is 14.0. The van der Waals surface area contributed by atoms with Crippen LogP contribution in [0.4, 0.5) is 0 Å². The average Bonchev–Trinajstić information content (AvgIpc) is 2.85. The molecular weight excluding hydrogens is 290 g/mol. The van der Waals surface area contributed by atoms with Crippen molar-refractivity contribution >= 4 is 15.9 Å². The highest BCUT2D eigenvalue weighted by Gasteiger charge is 2.21. The van der Waals surface area contributed by atoms with Gasteiger partial charge in [0.25, 0.3) is 0 Å². The maximum Gasteiger partial charge on any atom is 0.0802 e. The van der Waals surface area contributed by atoms with E-state index in [2.05, 4.69) is 27.8 Å². The van der Waals surface area contributed by atoms with E-state index in [9.17, 15) is 5.11 Å². The lowest BCUT2D eigenvalue weighted by molar-refractivity contribution is 0.148. The maximum absolute atomic E-state index is 10.2. The van der Waals surface area contributed by atoms with E-state index in [1.54, 1.807) is 0 Å². The lowest BCUT2D eigenvalue weighted by Crippen LogP contribution is -2.23. The fourth-order valence-corrected chi connectivity index (χ4v) is 2.87. The van der Waals surface area contributed by atoms with Crippen LogP contribution in [0.15, 0.2) is 28.7 Å². The summed E-state index contributed by atoms with van der Waals surface area (Å²) in [4.78, 5) is 2.48. The maximum atomic E-state index is 10.2. The van der Waals surface area contributed by atoms with Crippen molar-refractivity contribution in [3.05, 3.63) is 34.3 Å². The largest absolute Gasteiger partial charge is 0.388 e. The molecule has 0 aliphatic carbocycles. The summed E-state index contributed by atoms with van der Waals surface area (Å²) in [5.74, 6) is 0.870. The zero-order chi connectivity index (χ0) is 13.0. The molecule has 3 heteroatoms. The van der Waals surface area contributed by atoms with Crippen LogP contribution in [0.25, 0.3) is 0 Å². The molecule has 2 rings (SSSR count). The molecule has 0 saturated carbocycles. The standard InChI is InChI=1S/C15H22BrNO/c1-2-12-7-9-17(11-12)10-8-15(18)13-3-5-14(16)6-4-13/h3-6,12,15,18H,2,7-11H2,1H3. The minimum atomic E-state index is -0.334. The molecule has 0 aromatic heterocycles. The molecule has 1 aliphatic rings. The summed E-state index contributed by atoms with van der Waals surface area (Å²) < 4.78 is 1.06. The van der Waals surface area contributed by atoms with E-state index in [0.717, 1.165) is 28.9 Å². The highest BCUT2D eigenvalue weighted by Crippen LogP contribution is 2.23. The molecule has 18 heavy (non-hydrogen) atoms. The predicted molar refractivity (Wildman–Crippen MR) is 78.6 cm³/mol. The molecule has 0 radical (unpaired) electrons. The summed E-state index contributed by atoms with van der Waals surface area (Å²) in [6.07, 6.45) is 3.10. The zero-order valence-electron chi connectivity index (χ0n) is 11.0. The van der Waals surface area contributed by atoms with Gasteiger partial charge >= 0.3 is 0 Å². The van der Waals surface area contributed by atoms with Crippen molar-refractivity contribution < 1.29 is 5.11 Å². The minimum absolute atomic E-state index is 0.334. The Labute approximate surface area is 118 Å². The number of hydrogen-bond donors (Lipinski definition) is 1. The monoisotopic (exact) mass is 311 g/mol. The first-order valence-corrected chi connectivity index (χ1v) is 7.64. The van der Waals surface area contributed by atoms with Crippen LogP contribution in [0.2, 0.25) is 0 Å². The highest BCUT2D eigenvalue weighted by molar-refractivity contribution is 9.10.